The molecular weight excluding hydrogens is 306 g/mol. The molecule has 1 N–H and O–H groups in total. The summed E-state index contributed by atoms with van der Waals surface area (Å²) in [5.41, 5.74) is -0.643. The molecule has 3 rings (SSSR count). The smallest absolute Gasteiger partial charge is 0.327 e. The quantitative estimate of drug-likeness (QED) is 0.793. The number of aliphatic hydroxyl groups excluding tert-OH is 1. The summed E-state index contributed by atoms with van der Waals surface area (Å²) in [6, 6.07) is -0.242. The van der Waals surface area contributed by atoms with Gasteiger partial charge in [-0.25, -0.2) is 4.79 Å². The predicted octanol–water partition coefficient (Wildman–Crippen LogP) is 1.68. The maximum atomic E-state index is 12.9. The fourth-order valence-electron chi connectivity index (χ4n) is 4.50. The number of amides is 3. The van der Waals surface area contributed by atoms with Gasteiger partial charge in [-0.3, -0.25) is 9.69 Å². The maximum Gasteiger partial charge on any atom is 0.327 e. The standard InChI is InChI=1S/C18H31N3O3/c1-14-6-10-20(11-7-14)12-15(22)13-21-16(23)18(19(2)17(21)24)8-4-3-5-9-18/h14-15,22H,3-13H2,1-2H3/t15-/m1/s1. The molecule has 6 heteroatoms. The number of carbonyl (C=O) groups excluding carboxylic acids is 2. The Labute approximate surface area is 144 Å². The number of β-amino-alcohol motifs (C(OH)–C–C–N with tert-alkyl or cyclic N) is 1. The van der Waals surface area contributed by atoms with E-state index in [1.807, 2.05) is 0 Å². The Morgan fingerprint density at radius 2 is 1.75 bits per heavy atom. The van der Waals surface area contributed by atoms with Crippen molar-refractivity contribution in [2.45, 2.75) is 63.5 Å². The molecule has 6 nitrogen and oxygen atoms in total. The Hall–Kier alpha value is -1.14. The lowest BCUT2D eigenvalue weighted by Gasteiger charge is -2.36. The van der Waals surface area contributed by atoms with Crippen molar-refractivity contribution in [3.8, 4) is 0 Å². The first-order valence-corrected chi connectivity index (χ1v) is 9.44. The highest BCUT2D eigenvalue weighted by Gasteiger charge is 2.55. The van der Waals surface area contributed by atoms with E-state index in [1.165, 1.54) is 4.90 Å². The van der Waals surface area contributed by atoms with Gasteiger partial charge < -0.3 is 14.9 Å². The molecule has 0 aromatic carbocycles. The highest BCUT2D eigenvalue weighted by molar-refractivity contribution is 6.07. The molecule has 0 aromatic rings. The lowest BCUT2D eigenvalue weighted by atomic mass is 9.81. The van der Waals surface area contributed by atoms with E-state index in [1.54, 1.807) is 11.9 Å². The van der Waals surface area contributed by atoms with Crippen LogP contribution >= 0.6 is 0 Å². The van der Waals surface area contributed by atoms with Crippen molar-refractivity contribution >= 4 is 11.9 Å². The van der Waals surface area contributed by atoms with Gasteiger partial charge in [-0.1, -0.05) is 26.2 Å². The van der Waals surface area contributed by atoms with Crippen molar-refractivity contribution in [2.24, 2.45) is 5.92 Å². The number of hydrogen-bond donors (Lipinski definition) is 1. The minimum atomic E-state index is -0.668. The van der Waals surface area contributed by atoms with Crippen LogP contribution in [0.3, 0.4) is 0 Å². The van der Waals surface area contributed by atoms with Gasteiger partial charge in [0.1, 0.15) is 5.54 Å². The molecule has 136 valence electrons. The summed E-state index contributed by atoms with van der Waals surface area (Å²) in [6.45, 7) is 4.90. The number of aliphatic hydroxyl groups is 1. The van der Waals surface area contributed by atoms with Crippen molar-refractivity contribution < 1.29 is 14.7 Å². The maximum absolute atomic E-state index is 12.9. The van der Waals surface area contributed by atoms with E-state index < -0.39 is 11.6 Å². The topological polar surface area (TPSA) is 64.1 Å². The van der Waals surface area contributed by atoms with E-state index >= 15 is 0 Å². The third kappa shape index (κ3) is 3.18. The first kappa shape index (κ1) is 17.7. The Bertz CT molecular complexity index is 482. The van der Waals surface area contributed by atoms with Crippen LogP contribution in [-0.2, 0) is 4.79 Å². The molecule has 24 heavy (non-hydrogen) atoms. The number of hydrogen-bond acceptors (Lipinski definition) is 4. The van der Waals surface area contributed by atoms with Crippen molar-refractivity contribution in [3.63, 3.8) is 0 Å². The highest BCUT2D eigenvalue weighted by Crippen LogP contribution is 2.39. The summed E-state index contributed by atoms with van der Waals surface area (Å²) in [6.07, 6.45) is 6.26. The third-order valence-corrected chi connectivity index (χ3v) is 6.22. The van der Waals surface area contributed by atoms with Gasteiger partial charge in [0.2, 0.25) is 0 Å². The van der Waals surface area contributed by atoms with Crippen LogP contribution in [0.2, 0.25) is 0 Å². The summed E-state index contributed by atoms with van der Waals surface area (Å²) in [5, 5.41) is 10.4. The van der Waals surface area contributed by atoms with Gasteiger partial charge in [0.05, 0.1) is 12.6 Å². The van der Waals surface area contributed by atoms with Gasteiger partial charge in [-0.05, 0) is 44.7 Å². The van der Waals surface area contributed by atoms with Crippen LogP contribution in [0, 0.1) is 5.92 Å². The number of imide groups is 1. The monoisotopic (exact) mass is 337 g/mol. The fourth-order valence-corrected chi connectivity index (χ4v) is 4.50. The highest BCUT2D eigenvalue weighted by atomic mass is 16.3. The van der Waals surface area contributed by atoms with E-state index in [4.69, 9.17) is 0 Å². The van der Waals surface area contributed by atoms with Crippen LogP contribution in [0.15, 0.2) is 0 Å². The van der Waals surface area contributed by atoms with Crippen molar-refractivity contribution in [1.82, 2.24) is 14.7 Å². The predicted molar refractivity (Wildman–Crippen MR) is 91.5 cm³/mol. The summed E-state index contributed by atoms with van der Waals surface area (Å²) in [5.74, 6) is 0.654. The van der Waals surface area contributed by atoms with E-state index in [0.29, 0.717) is 6.54 Å². The number of urea groups is 1. The zero-order valence-electron chi connectivity index (χ0n) is 15.0. The number of piperidine rings is 1. The molecule has 2 aliphatic heterocycles. The van der Waals surface area contributed by atoms with Crippen LogP contribution in [0.5, 0.6) is 0 Å². The normalized spacial score (nSPS) is 27.3. The van der Waals surface area contributed by atoms with Crippen LogP contribution in [0.4, 0.5) is 4.79 Å². The second-order valence-electron chi connectivity index (χ2n) is 7.99. The third-order valence-electron chi connectivity index (χ3n) is 6.22. The molecule has 0 bridgehead atoms. The average Bonchev–Trinajstić information content (AvgIpc) is 2.74. The van der Waals surface area contributed by atoms with Crippen LogP contribution in [0.1, 0.15) is 51.9 Å². The molecule has 2 saturated heterocycles. The fraction of sp³-hybridized carbons (Fsp3) is 0.889. The molecule has 0 unspecified atom stereocenters. The molecule has 2 heterocycles. The lowest BCUT2D eigenvalue weighted by Crippen LogP contribution is -2.49. The van der Waals surface area contributed by atoms with Crippen molar-refractivity contribution in [2.75, 3.05) is 33.2 Å². The minimum absolute atomic E-state index is 0.0963. The number of likely N-dealkylation sites (N-methyl/N-ethyl adjacent to an activating group) is 1. The zero-order valence-corrected chi connectivity index (χ0v) is 15.0. The van der Waals surface area contributed by atoms with Crippen molar-refractivity contribution in [3.05, 3.63) is 0 Å². The molecule has 3 aliphatic rings. The number of nitrogens with zero attached hydrogens (tertiary/aromatic N) is 3. The summed E-state index contributed by atoms with van der Waals surface area (Å²) < 4.78 is 0. The molecule has 0 aromatic heterocycles. The van der Waals surface area contributed by atoms with E-state index in [2.05, 4.69) is 11.8 Å². The summed E-state index contributed by atoms with van der Waals surface area (Å²) >= 11 is 0. The van der Waals surface area contributed by atoms with Crippen LogP contribution in [-0.4, -0.2) is 76.6 Å². The Balaban J connectivity index is 1.60. The van der Waals surface area contributed by atoms with Gasteiger partial charge >= 0.3 is 6.03 Å². The molecule has 1 spiro atoms. The zero-order chi connectivity index (χ0) is 17.3. The molecule has 1 saturated carbocycles. The second kappa shape index (κ2) is 7.00. The average molecular weight is 337 g/mol. The lowest BCUT2D eigenvalue weighted by molar-refractivity contribution is -0.135. The molecule has 0 radical (unpaired) electrons. The Kier molecular flexibility index (Phi) is 5.16. The first-order valence-electron chi connectivity index (χ1n) is 9.44. The van der Waals surface area contributed by atoms with Gasteiger partial charge in [0.25, 0.3) is 5.91 Å². The molecule has 1 aliphatic carbocycles. The Morgan fingerprint density at radius 1 is 1.12 bits per heavy atom. The van der Waals surface area contributed by atoms with Crippen LogP contribution < -0.4 is 0 Å². The molecule has 3 fully saturated rings. The van der Waals surface area contributed by atoms with Gasteiger partial charge in [-0.15, -0.1) is 0 Å². The second-order valence-corrected chi connectivity index (χ2v) is 7.99. The molecule has 3 amide bonds. The largest absolute Gasteiger partial charge is 0.390 e. The van der Waals surface area contributed by atoms with Gasteiger partial charge in [-0.2, -0.15) is 0 Å². The molecule has 1 atom stereocenters. The van der Waals surface area contributed by atoms with Crippen molar-refractivity contribution in [1.29, 1.82) is 0 Å². The van der Waals surface area contributed by atoms with Gasteiger partial charge in [0, 0.05) is 13.6 Å². The number of likely N-dealkylation sites (tertiary alicyclic amines) is 1. The van der Waals surface area contributed by atoms with Crippen LogP contribution in [0.25, 0.3) is 0 Å². The SMILES string of the molecule is CC1CCN(C[C@@H](O)CN2C(=O)N(C)C3(CCCCC3)C2=O)CC1. The summed E-state index contributed by atoms with van der Waals surface area (Å²) in [4.78, 5) is 30.6. The van der Waals surface area contributed by atoms with E-state index in [9.17, 15) is 14.7 Å². The minimum Gasteiger partial charge on any atom is -0.390 e. The number of carbonyl (C=O) groups is 2. The number of rotatable bonds is 4. The molecular formula is C18H31N3O3. The van der Waals surface area contributed by atoms with Gasteiger partial charge in [0.15, 0.2) is 0 Å². The Morgan fingerprint density at radius 3 is 2.38 bits per heavy atom. The summed E-state index contributed by atoms with van der Waals surface area (Å²) in [7, 11) is 1.74. The van der Waals surface area contributed by atoms with E-state index in [0.717, 1.165) is 64.0 Å². The first-order chi connectivity index (χ1) is 11.4. The van der Waals surface area contributed by atoms with E-state index in [-0.39, 0.29) is 18.5 Å².